The van der Waals surface area contributed by atoms with Crippen molar-refractivity contribution < 1.29 is 9.53 Å². The van der Waals surface area contributed by atoms with E-state index < -0.39 is 5.91 Å². The van der Waals surface area contributed by atoms with Crippen LogP contribution in [0.25, 0.3) is 0 Å². The summed E-state index contributed by atoms with van der Waals surface area (Å²) < 4.78 is 5.59. The molecule has 5 heteroatoms. The second-order valence-corrected chi connectivity index (χ2v) is 4.35. The molecule has 0 saturated heterocycles. The minimum Gasteiger partial charge on any atom is -0.489 e. The lowest BCUT2D eigenvalue weighted by Crippen LogP contribution is -2.15. The summed E-state index contributed by atoms with van der Waals surface area (Å²) in [6, 6.07) is 9.40. The van der Waals surface area contributed by atoms with E-state index in [1.54, 1.807) is 18.3 Å². The molecule has 1 heterocycles. The van der Waals surface area contributed by atoms with Crippen molar-refractivity contribution in [3.05, 3.63) is 66.5 Å². The zero-order valence-electron chi connectivity index (χ0n) is 11.6. The Morgan fingerprint density at radius 1 is 1.38 bits per heavy atom. The highest BCUT2D eigenvalue weighted by molar-refractivity contribution is 5.98. The number of para-hydroxylation sites is 1. The maximum atomic E-state index is 11.3. The summed E-state index contributed by atoms with van der Waals surface area (Å²) in [7, 11) is 0. The SMILES string of the molecule is C=CCOc1ccccc1CNc1ccncc1C(N)=O. The number of ether oxygens (including phenoxy) is 1. The van der Waals surface area contributed by atoms with Crippen LogP contribution >= 0.6 is 0 Å². The maximum absolute atomic E-state index is 11.3. The zero-order chi connectivity index (χ0) is 15.1. The van der Waals surface area contributed by atoms with Gasteiger partial charge < -0.3 is 15.8 Å². The average molecular weight is 283 g/mol. The third-order valence-corrected chi connectivity index (χ3v) is 2.89. The second kappa shape index (κ2) is 7.09. The molecule has 3 N–H and O–H groups in total. The van der Waals surface area contributed by atoms with Gasteiger partial charge in [0.05, 0.1) is 11.3 Å². The van der Waals surface area contributed by atoms with E-state index in [4.69, 9.17) is 10.5 Å². The molecule has 2 rings (SSSR count). The predicted molar refractivity (Wildman–Crippen MR) is 82.2 cm³/mol. The van der Waals surface area contributed by atoms with Crippen LogP contribution in [0.3, 0.4) is 0 Å². The molecule has 0 atom stereocenters. The van der Waals surface area contributed by atoms with Gasteiger partial charge in [0.15, 0.2) is 0 Å². The summed E-state index contributed by atoms with van der Waals surface area (Å²) in [4.78, 5) is 15.3. The number of nitrogens with two attached hydrogens (primary N) is 1. The third-order valence-electron chi connectivity index (χ3n) is 2.89. The van der Waals surface area contributed by atoms with Gasteiger partial charge in [-0.3, -0.25) is 9.78 Å². The molecule has 1 aromatic carbocycles. The molecule has 0 aliphatic rings. The van der Waals surface area contributed by atoms with E-state index in [9.17, 15) is 4.79 Å². The predicted octanol–water partition coefficient (Wildman–Crippen LogP) is 2.36. The van der Waals surface area contributed by atoms with E-state index in [0.29, 0.717) is 24.4 Å². The molecule has 108 valence electrons. The minimum atomic E-state index is -0.512. The molecular weight excluding hydrogens is 266 g/mol. The third kappa shape index (κ3) is 3.82. The largest absolute Gasteiger partial charge is 0.489 e. The van der Waals surface area contributed by atoms with Crippen LogP contribution < -0.4 is 15.8 Å². The maximum Gasteiger partial charge on any atom is 0.252 e. The average Bonchev–Trinajstić information content (AvgIpc) is 2.52. The molecule has 5 nitrogen and oxygen atoms in total. The van der Waals surface area contributed by atoms with Gasteiger partial charge in [-0.15, -0.1) is 0 Å². The summed E-state index contributed by atoms with van der Waals surface area (Å²) >= 11 is 0. The molecule has 0 aliphatic carbocycles. The van der Waals surface area contributed by atoms with Crippen LogP contribution in [0.15, 0.2) is 55.4 Å². The Morgan fingerprint density at radius 2 is 2.19 bits per heavy atom. The summed E-state index contributed by atoms with van der Waals surface area (Å²) in [6.07, 6.45) is 4.75. The smallest absolute Gasteiger partial charge is 0.252 e. The van der Waals surface area contributed by atoms with Crippen LogP contribution in [0.2, 0.25) is 0 Å². The number of hydrogen-bond acceptors (Lipinski definition) is 4. The van der Waals surface area contributed by atoms with Gasteiger partial charge in [0, 0.05) is 24.5 Å². The second-order valence-electron chi connectivity index (χ2n) is 4.35. The van der Waals surface area contributed by atoms with Crippen molar-refractivity contribution in [3.8, 4) is 5.75 Å². The molecule has 1 aromatic heterocycles. The Bertz CT molecular complexity index is 641. The number of pyridine rings is 1. The lowest BCUT2D eigenvalue weighted by Gasteiger charge is -2.13. The van der Waals surface area contributed by atoms with Crippen molar-refractivity contribution in [2.24, 2.45) is 5.73 Å². The lowest BCUT2D eigenvalue weighted by atomic mass is 10.1. The first-order valence-corrected chi connectivity index (χ1v) is 6.51. The molecule has 1 amide bonds. The summed E-state index contributed by atoms with van der Waals surface area (Å²) in [5, 5.41) is 3.18. The quantitative estimate of drug-likeness (QED) is 0.765. The number of carbonyl (C=O) groups excluding carboxylic acids is 1. The number of hydrogen-bond donors (Lipinski definition) is 2. The van der Waals surface area contributed by atoms with Gasteiger partial charge >= 0.3 is 0 Å². The van der Waals surface area contributed by atoms with E-state index in [1.165, 1.54) is 6.20 Å². The standard InChI is InChI=1S/C16H17N3O2/c1-2-9-21-15-6-4-3-5-12(15)10-19-14-7-8-18-11-13(14)16(17)20/h2-8,11H,1,9-10H2,(H2,17,20)(H,18,19). The van der Waals surface area contributed by atoms with E-state index in [2.05, 4.69) is 16.9 Å². The molecule has 0 spiro atoms. The van der Waals surface area contributed by atoms with E-state index in [0.717, 1.165) is 11.3 Å². The van der Waals surface area contributed by atoms with Gasteiger partial charge in [-0.2, -0.15) is 0 Å². The highest BCUT2D eigenvalue weighted by atomic mass is 16.5. The lowest BCUT2D eigenvalue weighted by molar-refractivity contribution is 0.100. The Kier molecular flexibility index (Phi) is 4.93. The Balaban J connectivity index is 2.13. The number of primary amides is 1. The topological polar surface area (TPSA) is 77.2 Å². The van der Waals surface area contributed by atoms with Gasteiger partial charge in [-0.1, -0.05) is 30.9 Å². The fraction of sp³-hybridized carbons (Fsp3) is 0.125. The molecule has 2 aromatic rings. The monoisotopic (exact) mass is 283 g/mol. The van der Waals surface area contributed by atoms with Crippen molar-refractivity contribution >= 4 is 11.6 Å². The minimum absolute atomic E-state index is 0.363. The van der Waals surface area contributed by atoms with Crippen LogP contribution in [-0.4, -0.2) is 17.5 Å². The first-order valence-electron chi connectivity index (χ1n) is 6.51. The summed E-state index contributed by atoms with van der Waals surface area (Å²) in [5.41, 5.74) is 7.31. The van der Waals surface area contributed by atoms with Gasteiger partial charge in [0.2, 0.25) is 0 Å². The van der Waals surface area contributed by atoms with Crippen LogP contribution in [-0.2, 0) is 6.54 Å². The zero-order valence-corrected chi connectivity index (χ0v) is 11.6. The molecule has 21 heavy (non-hydrogen) atoms. The Hall–Kier alpha value is -2.82. The highest BCUT2D eigenvalue weighted by Crippen LogP contribution is 2.20. The van der Waals surface area contributed by atoms with Crippen molar-refractivity contribution in [2.75, 3.05) is 11.9 Å². The number of anilines is 1. The number of nitrogens with zero attached hydrogens (tertiary/aromatic N) is 1. The Morgan fingerprint density at radius 3 is 2.95 bits per heavy atom. The first-order chi connectivity index (χ1) is 10.2. The van der Waals surface area contributed by atoms with Gasteiger partial charge in [-0.05, 0) is 12.1 Å². The van der Waals surface area contributed by atoms with Crippen LogP contribution in [0, 0.1) is 0 Å². The Labute approximate surface area is 123 Å². The summed E-state index contributed by atoms with van der Waals surface area (Å²) in [5.74, 6) is 0.265. The van der Waals surface area contributed by atoms with Crippen LogP contribution in [0.4, 0.5) is 5.69 Å². The normalized spacial score (nSPS) is 9.90. The molecular formula is C16H17N3O2. The first kappa shape index (κ1) is 14.6. The van der Waals surface area contributed by atoms with Crippen LogP contribution in [0.5, 0.6) is 5.75 Å². The van der Waals surface area contributed by atoms with E-state index >= 15 is 0 Å². The number of amides is 1. The van der Waals surface area contributed by atoms with Gasteiger partial charge in [-0.25, -0.2) is 0 Å². The van der Waals surface area contributed by atoms with Gasteiger partial charge in [0.1, 0.15) is 12.4 Å². The number of aromatic nitrogens is 1. The van der Waals surface area contributed by atoms with Crippen molar-refractivity contribution in [2.45, 2.75) is 6.54 Å². The van der Waals surface area contributed by atoms with Crippen molar-refractivity contribution in [1.29, 1.82) is 0 Å². The molecule has 0 saturated carbocycles. The van der Waals surface area contributed by atoms with Crippen LogP contribution in [0.1, 0.15) is 15.9 Å². The highest BCUT2D eigenvalue weighted by Gasteiger charge is 2.08. The number of carbonyl (C=O) groups is 1. The van der Waals surface area contributed by atoms with E-state index in [-0.39, 0.29) is 0 Å². The fourth-order valence-corrected chi connectivity index (χ4v) is 1.87. The number of rotatable bonds is 7. The molecule has 0 radical (unpaired) electrons. The fourth-order valence-electron chi connectivity index (χ4n) is 1.87. The molecule has 0 fully saturated rings. The van der Waals surface area contributed by atoms with Crippen molar-refractivity contribution in [3.63, 3.8) is 0 Å². The van der Waals surface area contributed by atoms with Gasteiger partial charge in [0.25, 0.3) is 5.91 Å². The molecule has 0 unspecified atom stereocenters. The summed E-state index contributed by atoms with van der Waals surface area (Å²) in [6.45, 7) is 4.59. The van der Waals surface area contributed by atoms with Crippen molar-refractivity contribution in [1.82, 2.24) is 4.98 Å². The molecule has 0 bridgehead atoms. The van der Waals surface area contributed by atoms with E-state index in [1.807, 2.05) is 24.3 Å². The number of nitrogens with one attached hydrogen (secondary N) is 1. The number of benzene rings is 1. The molecule has 0 aliphatic heterocycles.